The Morgan fingerprint density at radius 3 is 2.81 bits per heavy atom. The molecule has 0 bridgehead atoms. The number of piperidine rings is 1. The third-order valence-electron chi connectivity index (χ3n) is 4.61. The molecule has 1 atom stereocenters. The molecule has 3 rings (SSSR count). The molecular weight excluding hydrogens is 264 g/mol. The first-order valence-electron chi connectivity index (χ1n) is 8.00. The molecular formula is C17H24N2O2. The number of carbonyl (C=O) groups excluding carboxylic acids is 1. The highest BCUT2D eigenvalue weighted by Gasteiger charge is 2.35. The molecule has 1 heterocycles. The summed E-state index contributed by atoms with van der Waals surface area (Å²) >= 11 is 0. The van der Waals surface area contributed by atoms with Crippen molar-refractivity contribution in [2.24, 2.45) is 0 Å². The fourth-order valence-electron chi connectivity index (χ4n) is 3.11. The molecule has 0 radical (unpaired) electrons. The molecule has 1 amide bonds. The lowest BCUT2D eigenvalue weighted by Crippen LogP contribution is -2.46. The van der Waals surface area contributed by atoms with Crippen molar-refractivity contribution >= 4 is 5.91 Å². The lowest BCUT2D eigenvalue weighted by Gasteiger charge is -2.31. The summed E-state index contributed by atoms with van der Waals surface area (Å²) < 4.78 is 0. The van der Waals surface area contributed by atoms with Gasteiger partial charge in [0, 0.05) is 29.8 Å². The van der Waals surface area contributed by atoms with E-state index in [1.807, 2.05) is 17.9 Å². The highest BCUT2D eigenvalue weighted by molar-refractivity contribution is 5.96. The first kappa shape index (κ1) is 14.4. The number of hydrogen-bond donors (Lipinski definition) is 2. The molecule has 1 aromatic rings. The molecule has 1 saturated heterocycles. The monoisotopic (exact) mass is 288 g/mol. The summed E-state index contributed by atoms with van der Waals surface area (Å²) in [4.78, 5) is 14.9. The lowest BCUT2D eigenvalue weighted by atomic mass is 10.0. The summed E-state index contributed by atoms with van der Waals surface area (Å²) in [5, 5.41) is 13.3. The number of rotatable bonds is 4. The Labute approximate surface area is 126 Å². The molecule has 2 fully saturated rings. The van der Waals surface area contributed by atoms with Crippen LogP contribution in [0.5, 0.6) is 5.75 Å². The highest BCUT2D eigenvalue weighted by atomic mass is 16.3. The zero-order valence-corrected chi connectivity index (χ0v) is 12.6. The van der Waals surface area contributed by atoms with Crippen molar-refractivity contribution in [1.29, 1.82) is 0 Å². The third kappa shape index (κ3) is 3.21. The van der Waals surface area contributed by atoms with E-state index < -0.39 is 0 Å². The van der Waals surface area contributed by atoms with Crippen molar-refractivity contribution in [3.63, 3.8) is 0 Å². The topological polar surface area (TPSA) is 52.6 Å². The number of nitrogens with one attached hydrogen (secondary N) is 1. The van der Waals surface area contributed by atoms with Gasteiger partial charge in [-0.2, -0.15) is 0 Å². The number of aromatic hydroxyl groups is 1. The van der Waals surface area contributed by atoms with Crippen molar-refractivity contribution in [2.45, 2.75) is 51.1 Å². The van der Waals surface area contributed by atoms with Crippen molar-refractivity contribution in [2.75, 3.05) is 13.1 Å². The number of phenols is 1. The van der Waals surface area contributed by atoms with Gasteiger partial charge in [-0.3, -0.25) is 4.79 Å². The first-order chi connectivity index (χ1) is 10.2. The smallest absolute Gasteiger partial charge is 0.254 e. The van der Waals surface area contributed by atoms with Gasteiger partial charge < -0.3 is 15.3 Å². The van der Waals surface area contributed by atoms with Gasteiger partial charge in [-0.05, 0) is 51.3 Å². The Balaban J connectivity index is 1.76. The Morgan fingerprint density at radius 1 is 1.33 bits per heavy atom. The van der Waals surface area contributed by atoms with E-state index in [1.54, 1.807) is 12.1 Å². The van der Waals surface area contributed by atoms with Crippen molar-refractivity contribution in [1.82, 2.24) is 10.2 Å². The van der Waals surface area contributed by atoms with Crippen LogP contribution >= 0.6 is 0 Å². The van der Waals surface area contributed by atoms with E-state index >= 15 is 0 Å². The first-order valence-corrected chi connectivity index (χ1v) is 8.00. The number of nitrogens with zero attached hydrogens (tertiary/aromatic N) is 1. The van der Waals surface area contributed by atoms with Crippen LogP contribution in [0.1, 0.15) is 48.0 Å². The molecule has 4 heteroatoms. The van der Waals surface area contributed by atoms with Gasteiger partial charge in [0.15, 0.2) is 0 Å². The molecule has 1 aliphatic heterocycles. The van der Waals surface area contributed by atoms with Crippen LogP contribution in [0, 0.1) is 6.92 Å². The predicted octanol–water partition coefficient (Wildman–Crippen LogP) is 2.45. The third-order valence-corrected chi connectivity index (χ3v) is 4.61. The van der Waals surface area contributed by atoms with Gasteiger partial charge in [0.2, 0.25) is 0 Å². The molecule has 0 aromatic heterocycles. The number of hydrogen-bond acceptors (Lipinski definition) is 3. The zero-order chi connectivity index (χ0) is 14.8. The second-order valence-electron chi connectivity index (χ2n) is 6.29. The van der Waals surface area contributed by atoms with Crippen LogP contribution in [0.3, 0.4) is 0 Å². The predicted molar refractivity (Wildman–Crippen MR) is 82.5 cm³/mol. The van der Waals surface area contributed by atoms with Crippen LogP contribution in [-0.2, 0) is 0 Å². The normalized spacial score (nSPS) is 22.0. The SMILES string of the molecule is Cc1c(O)cccc1C(=O)N(CC1CCCCN1)C1CC1. The molecule has 1 saturated carbocycles. The van der Waals surface area contributed by atoms with Gasteiger partial charge in [0.25, 0.3) is 5.91 Å². The molecule has 1 aliphatic carbocycles. The van der Waals surface area contributed by atoms with E-state index in [0.717, 1.165) is 32.4 Å². The average Bonchev–Trinajstić information content (AvgIpc) is 3.33. The standard InChI is InChI=1S/C17H24N2O2/c1-12-15(6-4-7-16(12)20)17(21)19(14-8-9-14)11-13-5-2-3-10-18-13/h4,6-7,13-14,18,20H,2-3,5,8-11H2,1H3. The van der Waals surface area contributed by atoms with Gasteiger partial charge in [0.05, 0.1) is 0 Å². The molecule has 114 valence electrons. The molecule has 4 nitrogen and oxygen atoms in total. The molecule has 2 N–H and O–H groups in total. The Hall–Kier alpha value is -1.55. The van der Waals surface area contributed by atoms with Crippen molar-refractivity contribution in [3.05, 3.63) is 29.3 Å². The maximum atomic E-state index is 12.9. The van der Waals surface area contributed by atoms with E-state index in [9.17, 15) is 9.90 Å². The average molecular weight is 288 g/mol. The van der Waals surface area contributed by atoms with Gasteiger partial charge in [-0.15, -0.1) is 0 Å². The van der Waals surface area contributed by atoms with E-state index in [1.165, 1.54) is 12.8 Å². The quantitative estimate of drug-likeness (QED) is 0.895. The number of amides is 1. The summed E-state index contributed by atoms with van der Waals surface area (Å²) in [5.41, 5.74) is 1.32. The molecule has 1 unspecified atom stereocenters. The minimum atomic E-state index is 0.0678. The van der Waals surface area contributed by atoms with Gasteiger partial charge in [0.1, 0.15) is 5.75 Å². The fourth-order valence-corrected chi connectivity index (χ4v) is 3.11. The summed E-state index contributed by atoms with van der Waals surface area (Å²) in [7, 11) is 0. The van der Waals surface area contributed by atoms with Gasteiger partial charge in [-0.1, -0.05) is 12.5 Å². The Morgan fingerprint density at radius 2 is 2.14 bits per heavy atom. The summed E-state index contributed by atoms with van der Waals surface area (Å²) in [6, 6.07) is 6.01. The molecule has 1 aromatic carbocycles. The molecule has 2 aliphatic rings. The van der Waals surface area contributed by atoms with Crippen LogP contribution < -0.4 is 5.32 Å². The summed E-state index contributed by atoms with van der Waals surface area (Å²) in [6.45, 7) is 3.66. The maximum absolute atomic E-state index is 12.9. The number of carbonyl (C=O) groups is 1. The van der Waals surface area contributed by atoms with Crippen LogP contribution in [0.4, 0.5) is 0 Å². The number of phenolic OH excluding ortho intramolecular Hbond substituents is 1. The maximum Gasteiger partial charge on any atom is 0.254 e. The summed E-state index contributed by atoms with van der Waals surface area (Å²) in [6.07, 6.45) is 5.84. The van der Waals surface area contributed by atoms with Crippen LogP contribution in [0.25, 0.3) is 0 Å². The van der Waals surface area contributed by atoms with Crippen LogP contribution in [0.15, 0.2) is 18.2 Å². The lowest BCUT2D eigenvalue weighted by molar-refractivity contribution is 0.0716. The Bertz CT molecular complexity index is 520. The summed E-state index contributed by atoms with van der Waals surface area (Å²) in [5.74, 6) is 0.269. The van der Waals surface area contributed by atoms with E-state index in [4.69, 9.17) is 0 Å². The Kier molecular flexibility index (Phi) is 4.15. The van der Waals surface area contributed by atoms with Gasteiger partial charge in [-0.25, -0.2) is 0 Å². The van der Waals surface area contributed by atoms with Gasteiger partial charge >= 0.3 is 0 Å². The molecule has 0 spiro atoms. The fraction of sp³-hybridized carbons (Fsp3) is 0.588. The second kappa shape index (κ2) is 6.06. The van der Waals surface area contributed by atoms with E-state index in [-0.39, 0.29) is 11.7 Å². The zero-order valence-electron chi connectivity index (χ0n) is 12.6. The number of benzene rings is 1. The minimum Gasteiger partial charge on any atom is -0.508 e. The largest absolute Gasteiger partial charge is 0.508 e. The van der Waals surface area contributed by atoms with E-state index in [2.05, 4.69) is 5.32 Å². The highest BCUT2D eigenvalue weighted by Crippen LogP contribution is 2.30. The van der Waals surface area contributed by atoms with Crippen LogP contribution in [-0.4, -0.2) is 41.1 Å². The van der Waals surface area contributed by atoms with Crippen molar-refractivity contribution in [3.8, 4) is 5.75 Å². The second-order valence-corrected chi connectivity index (χ2v) is 6.29. The van der Waals surface area contributed by atoms with E-state index in [0.29, 0.717) is 23.2 Å². The molecule has 21 heavy (non-hydrogen) atoms. The van der Waals surface area contributed by atoms with Crippen LogP contribution in [0.2, 0.25) is 0 Å². The van der Waals surface area contributed by atoms with Crippen molar-refractivity contribution < 1.29 is 9.90 Å². The minimum absolute atomic E-state index is 0.0678.